The number of aliphatic carboxylic acids is 1. The molecule has 1 fully saturated rings. The van der Waals surface area contributed by atoms with E-state index in [4.69, 9.17) is 4.74 Å². The summed E-state index contributed by atoms with van der Waals surface area (Å²) in [7, 11) is 4.19. The number of carboxylic acid groups (broad SMARTS) is 1. The van der Waals surface area contributed by atoms with E-state index in [1.807, 2.05) is 30.9 Å². The van der Waals surface area contributed by atoms with Gasteiger partial charge in [-0.05, 0) is 68.4 Å². The normalized spacial score (nSPS) is 17.9. The molecule has 2 atom stereocenters. The van der Waals surface area contributed by atoms with Crippen LogP contribution in [0.15, 0.2) is 55.1 Å². The van der Waals surface area contributed by atoms with Gasteiger partial charge in [-0.15, -0.1) is 0 Å². The van der Waals surface area contributed by atoms with Crippen LogP contribution in [-0.4, -0.2) is 52.3 Å². The van der Waals surface area contributed by atoms with Gasteiger partial charge in [0.25, 0.3) is 0 Å². The average Bonchev–Trinajstić information content (AvgIpc) is 3.32. The van der Waals surface area contributed by atoms with Crippen LogP contribution in [0.25, 0.3) is 10.8 Å². The Kier molecular flexibility index (Phi) is 6.51. The van der Waals surface area contributed by atoms with E-state index in [0.717, 1.165) is 35.8 Å². The van der Waals surface area contributed by atoms with Crippen molar-refractivity contribution in [1.29, 1.82) is 0 Å². The highest BCUT2D eigenvalue weighted by Crippen LogP contribution is 2.37. The quantitative estimate of drug-likeness (QED) is 0.540. The van der Waals surface area contributed by atoms with Crippen molar-refractivity contribution in [2.24, 2.45) is 5.41 Å². The molecule has 1 heterocycles. The third kappa shape index (κ3) is 4.51. The molecule has 6 nitrogen and oxygen atoms in total. The minimum Gasteiger partial charge on any atom is -0.492 e. The molecule has 0 saturated heterocycles. The smallest absolute Gasteiger partial charge is 0.313 e. The predicted octanol–water partition coefficient (Wildman–Crippen LogP) is 4.99. The van der Waals surface area contributed by atoms with Crippen molar-refractivity contribution in [3.63, 3.8) is 0 Å². The summed E-state index contributed by atoms with van der Waals surface area (Å²) < 4.78 is 8.18. The van der Waals surface area contributed by atoms with Crippen LogP contribution >= 0.6 is 0 Å². The molecule has 0 aliphatic heterocycles. The second kappa shape index (κ2) is 9.33. The number of hydrogen-bond donors (Lipinski definition) is 1. The lowest BCUT2D eigenvalue weighted by Gasteiger charge is -2.32. The Labute approximate surface area is 189 Å². The lowest BCUT2D eigenvalue weighted by Crippen LogP contribution is -2.38. The zero-order valence-corrected chi connectivity index (χ0v) is 19.2. The van der Waals surface area contributed by atoms with Gasteiger partial charge in [0.15, 0.2) is 0 Å². The lowest BCUT2D eigenvalue weighted by molar-refractivity contribution is -0.153. The maximum absolute atomic E-state index is 11.9. The zero-order valence-electron chi connectivity index (χ0n) is 19.2. The van der Waals surface area contributed by atoms with Gasteiger partial charge in [-0.25, -0.2) is 4.98 Å². The van der Waals surface area contributed by atoms with Crippen LogP contribution in [0, 0.1) is 5.41 Å². The molecule has 170 valence electrons. The van der Waals surface area contributed by atoms with E-state index in [1.165, 1.54) is 5.56 Å². The Balaban J connectivity index is 1.57. The van der Waals surface area contributed by atoms with Crippen LogP contribution in [0.3, 0.4) is 0 Å². The highest BCUT2D eigenvalue weighted by atomic mass is 16.5. The Hall–Kier alpha value is -2.86. The number of fused-ring (bicyclic) bond motifs is 1. The first-order valence-electron chi connectivity index (χ1n) is 11.4. The molecule has 0 radical (unpaired) electrons. The lowest BCUT2D eigenvalue weighted by atomic mass is 9.75. The van der Waals surface area contributed by atoms with Crippen molar-refractivity contribution >= 4 is 16.7 Å². The molecule has 0 amide bonds. The van der Waals surface area contributed by atoms with Crippen LogP contribution in [0.4, 0.5) is 0 Å². The highest BCUT2D eigenvalue weighted by Gasteiger charge is 2.40. The van der Waals surface area contributed by atoms with Gasteiger partial charge in [0, 0.05) is 18.4 Å². The van der Waals surface area contributed by atoms with Gasteiger partial charge < -0.3 is 19.3 Å². The van der Waals surface area contributed by atoms with Crippen molar-refractivity contribution < 1.29 is 14.6 Å². The average molecular weight is 436 g/mol. The van der Waals surface area contributed by atoms with Crippen LogP contribution in [-0.2, 0) is 4.79 Å². The number of hydrogen-bond acceptors (Lipinski definition) is 4. The number of carboxylic acids is 1. The third-order valence-electron chi connectivity index (χ3n) is 7.07. The molecule has 1 aromatic heterocycles. The fourth-order valence-electron chi connectivity index (χ4n) is 4.80. The number of rotatable bonds is 8. The summed E-state index contributed by atoms with van der Waals surface area (Å²) in [5, 5.41) is 12.0. The van der Waals surface area contributed by atoms with Crippen molar-refractivity contribution in [2.75, 3.05) is 20.7 Å². The van der Waals surface area contributed by atoms with Crippen molar-refractivity contribution in [3.8, 4) is 5.75 Å². The number of aromatic nitrogens is 2. The number of imidazole rings is 1. The highest BCUT2D eigenvalue weighted by molar-refractivity contribution is 5.84. The molecular weight excluding hydrogens is 402 g/mol. The van der Waals surface area contributed by atoms with Crippen LogP contribution in [0.5, 0.6) is 5.75 Å². The number of benzene rings is 2. The fraction of sp³-hybridized carbons (Fsp3) is 0.462. The number of ether oxygens (including phenoxy) is 1. The van der Waals surface area contributed by atoms with E-state index in [1.54, 1.807) is 0 Å². The molecular formula is C26H33N3O3. The summed E-state index contributed by atoms with van der Waals surface area (Å²) in [6.45, 7) is 2.45. The molecule has 1 N–H and O–H groups in total. The predicted molar refractivity (Wildman–Crippen MR) is 126 cm³/mol. The number of nitrogens with zero attached hydrogens (tertiary/aromatic N) is 3. The van der Waals surface area contributed by atoms with Gasteiger partial charge >= 0.3 is 5.97 Å². The van der Waals surface area contributed by atoms with Gasteiger partial charge in [0.05, 0.1) is 12.4 Å². The first-order chi connectivity index (χ1) is 15.4. The SMILES string of the molecule is CC(C(c1ccc2cc(OCC3(C(=O)O)CCCCC3)ccc2c1)n1ccnc1)N(C)C. The molecule has 2 aromatic carbocycles. The largest absolute Gasteiger partial charge is 0.492 e. The second-order valence-electron chi connectivity index (χ2n) is 9.36. The zero-order chi connectivity index (χ0) is 22.7. The third-order valence-corrected chi connectivity index (χ3v) is 7.07. The second-order valence-corrected chi connectivity index (χ2v) is 9.36. The molecule has 1 aliphatic rings. The molecule has 0 spiro atoms. The Morgan fingerprint density at radius 1 is 1.16 bits per heavy atom. The van der Waals surface area contributed by atoms with Gasteiger partial charge in [-0.3, -0.25) is 4.79 Å². The minimum atomic E-state index is -0.753. The van der Waals surface area contributed by atoms with Crippen LogP contribution in [0.2, 0.25) is 0 Å². The molecule has 4 rings (SSSR count). The minimum absolute atomic E-state index is 0.148. The van der Waals surface area contributed by atoms with Gasteiger partial charge in [0.1, 0.15) is 17.8 Å². The first kappa shape index (κ1) is 22.3. The van der Waals surface area contributed by atoms with Crippen molar-refractivity contribution in [3.05, 3.63) is 60.7 Å². The van der Waals surface area contributed by atoms with Gasteiger partial charge in [-0.1, -0.05) is 37.5 Å². The Bertz CT molecular complexity index is 1060. The molecule has 32 heavy (non-hydrogen) atoms. The Morgan fingerprint density at radius 3 is 2.53 bits per heavy atom. The van der Waals surface area contributed by atoms with E-state index >= 15 is 0 Å². The summed E-state index contributed by atoms with van der Waals surface area (Å²) in [6.07, 6.45) is 10.1. The Morgan fingerprint density at radius 2 is 1.88 bits per heavy atom. The summed E-state index contributed by atoms with van der Waals surface area (Å²) in [5.41, 5.74) is 0.467. The molecule has 6 heteroatoms. The van der Waals surface area contributed by atoms with Crippen LogP contribution < -0.4 is 4.74 Å². The summed E-state index contributed by atoms with van der Waals surface area (Å²) >= 11 is 0. The van der Waals surface area contributed by atoms with Gasteiger partial charge in [0.2, 0.25) is 0 Å². The van der Waals surface area contributed by atoms with Crippen molar-refractivity contribution in [1.82, 2.24) is 14.5 Å². The van der Waals surface area contributed by atoms with Crippen molar-refractivity contribution in [2.45, 2.75) is 51.1 Å². The van der Waals surface area contributed by atoms with E-state index in [9.17, 15) is 9.90 Å². The van der Waals surface area contributed by atoms with E-state index < -0.39 is 11.4 Å². The summed E-state index contributed by atoms with van der Waals surface area (Å²) in [5.74, 6) is -0.00699. The fourth-order valence-corrected chi connectivity index (χ4v) is 4.80. The molecule has 0 bridgehead atoms. The van der Waals surface area contributed by atoms with E-state index in [2.05, 4.69) is 59.7 Å². The monoisotopic (exact) mass is 435 g/mol. The maximum Gasteiger partial charge on any atom is 0.313 e. The van der Waals surface area contributed by atoms with Crippen LogP contribution in [0.1, 0.15) is 50.6 Å². The molecule has 2 unspecified atom stereocenters. The number of carbonyl (C=O) groups is 1. The molecule has 3 aromatic rings. The van der Waals surface area contributed by atoms with Gasteiger partial charge in [-0.2, -0.15) is 0 Å². The summed E-state index contributed by atoms with van der Waals surface area (Å²) in [4.78, 5) is 18.4. The first-order valence-corrected chi connectivity index (χ1v) is 11.4. The standard InChI is InChI=1S/C26H33N3O3/c1-19(28(2)3)24(29-14-13-27-18-29)22-8-7-21-16-23(10-9-20(21)15-22)32-17-26(25(30)31)11-5-4-6-12-26/h7-10,13-16,18-19,24H,4-6,11-12,17H2,1-3H3,(H,30,31). The molecule has 1 aliphatic carbocycles. The van der Waals surface area contributed by atoms with E-state index in [0.29, 0.717) is 12.8 Å². The molecule has 1 saturated carbocycles. The van der Waals surface area contributed by atoms with E-state index in [-0.39, 0.29) is 18.7 Å². The topological polar surface area (TPSA) is 67.6 Å². The number of likely N-dealkylation sites (N-methyl/N-ethyl adjacent to an activating group) is 1. The maximum atomic E-state index is 11.9. The summed E-state index contributed by atoms with van der Waals surface area (Å²) in [6, 6.07) is 13.0.